The molecular formula is C7H9N5OS. The van der Waals surface area contributed by atoms with Crippen LogP contribution in [0.3, 0.4) is 0 Å². The van der Waals surface area contributed by atoms with E-state index in [0.717, 1.165) is 0 Å². The van der Waals surface area contributed by atoms with Gasteiger partial charge in [-0.3, -0.25) is 0 Å². The summed E-state index contributed by atoms with van der Waals surface area (Å²) >= 11 is 1.23. The van der Waals surface area contributed by atoms with Crippen LogP contribution >= 0.6 is 11.5 Å². The summed E-state index contributed by atoms with van der Waals surface area (Å²) in [6.45, 7) is 3.61. The Bertz CT molecular complexity index is 415. The average Bonchev–Trinajstić information content (AvgIpc) is 2.73. The zero-order valence-corrected chi connectivity index (χ0v) is 8.58. The number of rotatable bonds is 2. The molecule has 74 valence electrons. The van der Waals surface area contributed by atoms with Gasteiger partial charge in [0.25, 0.3) is 5.89 Å². The highest BCUT2D eigenvalue weighted by atomic mass is 32.1. The summed E-state index contributed by atoms with van der Waals surface area (Å²) in [4.78, 5) is 4.13. The highest BCUT2D eigenvalue weighted by Gasteiger charge is 2.22. The van der Waals surface area contributed by atoms with Crippen LogP contribution in [0.1, 0.15) is 19.7 Å². The van der Waals surface area contributed by atoms with E-state index < -0.39 is 5.54 Å². The van der Waals surface area contributed by atoms with Gasteiger partial charge in [-0.1, -0.05) is 9.64 Å². The van der Waals surface area contributed by atoms with Crippen LogP contribution in [0.25, 0.3) is 11.6 Å². The molecule has 2 N–H and O–H groups in total. The Labute approximate surface area is 84.3 Å². The van der Waals surface area contributed by atoms with Gasteiger partial charge < -0.3 is 10.3 Å². The molecule has 0 unspecified atom stereocenters. The minimum Gasteiger partial charge on any atom is -0.332 e. The van der Waals surface area contributed by atoms with E-state index in [0.29, 0.717) is 17.4 Å². The van der Waals surface area contributed by atoms with Gasteiger partial charge in [0.2, 0.25) is 0 Å². The molecule has 0 saturated heterocycles. The molecular weight excluding hydrogens is 202 g/mol. The van der Waals surface area contributed by atoms with Gasteiger partial charge in [0.15, 0.2) is 11.5 Å². The topological polar surface area (TPSA) is 90.7 Å². The second-order valence-corrected chi connectivity index (χ2v) is 4.04. The van der Waals surface area contributed by atoms with Crippen molar-refractivity contribution in [3.63, 3.8) is 0 Å². The van der Waals surface area contributed by atoms with Crippen molar-refractivity contribution in [2.75, 3.05) is 0 Å². The van der Waals surface area contributed by atoms with Crippen molar-refractivity contribution < 1.29 is 4.52 Å². The van der Waals surface area contributed by atoms with Crippen LogP contribution in [0.15, 0.2) is 9.90 Å². The van der Waals surface area contributed by atoms with Crippen LogP contribution in [0.4, 0.5) is 0 Å². The molecule has 2 aromatic heterocycles. The lowest BCUT2D eigenvalue weighted by Gasteiger charge is -2.11. The Morgan fingerprint density at radius 3 is 2.79 bits per heavy atom. The standard InChI is InChI=1S/C7H9N5OS/c1-7(2,8)6-9-5(13-11-6)4-3-14-12-10-4/h3H,8H2,1-2H3. The van der Waals surface area contributed by atoms with Crippen LogP contribution < -0.4 is 5.73 Å². The molecule has 7 heteroatoms. The molecule has 0 atom stereocenters. The van der Waals surface area contributed by atoms with Gasteiger partial charge >= 0.3 is 0 Å². The van der Waals surface area contributed by atoms with Crippen LogP contribution in [0.5, 0.6) is 0 Å². The van der Waals surface area contributed by atoms with Crippen molar-refractivity contribution in [1.29, 1.82) is 0 Å². The molecule has 0 amide bonds. The van der Waals surface area contributed by atoms with Crippen molar-refractivity contribution >= 4 is 11.5 Å². The van der Waals surface area contributed by atoms with E-state index in [1.807, 2.05) is 0 Å². The highest BCUT2D eigenvalue weighted by molar-refractivity contribution is 7.03. The van der Waals surface area contributed by atoms with Crippen LogP contribution in [-0.4, -0.2) is 19.7 Å². The Kier molecular flexibility index (Phi) is 2.05. The first-order valence-corrected chi connectivity index (χ1v) is 4.81. The van der Waals surface area contributed by atoms with Crippen molar-refractivity contribution in [2.45, 2.75) is 19.4 Å². The van der Waals surface area contributed by atoms with Gasteiger partial charge in [0.05, 0.1) is 5.54 Å². The summed E-state index contributed by atoms with van der Waals surface area (Å²) in [5.74, 6) is 0.813. The maximum Gasteiger partial charge on any atom is 0.279 e. The normalized spacial score (nSPS) is 11.9. The molecule has 0 aliphatic heterocycles. The molecule has 2 aromatic rings. The van der Waals surface area contributed by atoms with E-state index in [1.54, 1.807) is 19.2 Å². The average molecular weight is 211 g/mol. The molecule has 14 heavy (non-hydrogen) atoms. The Morgan fingerprint density at radius 1 is 1.50 bits per heavy atom. The van der Waals surface area contributed by atoms with Crippen LogP contribution in [-0.2, 0) is 5.54 Å². The lowest BCUT2D eigenvalue weighted by Crippen LogP contribution is -2.30. The predicted octanol–water partition coefficient (Wildman–Crippen LogP) is 0.782. The van der Waals surface area contributed by atoms with Crippen molar-refractivity contribution in [3.8, 4) is 11.6 Å². The van der Waals surface area contributed by atoms with Gasteiger partial charge in [-0.15, -0.1) is 5.10 Å². The summed E-state index contributed by atoms with van der Waals surface area (Å²) in [7, 11) is 0. The van der Waals surface area contributed by atoms with E-state index in [4.69, 9.17) is 10.3 Å². The monoisotopic (exact) mass is 211 g/mol. The molecule has 2 heterocycles. The highest BCUT2D eigenvalue weighted by Crippen LogP contribution is 2.19. The van der Waals surface area contributed by atoms with Crippen LogP contribution in [0, 0.1) is 0 Å². The number of hydrogen-bond donors (Lipinski definition) is 1. The van der Waals surface area contributed by atoms with E-state index in [9.17, 15) is 0 Å². The Morgan fingerprint density at radius 2 is 2.29 bits per heavy atom. The van der Waals surface area contributed by atoms with E-state index >= 15 is 0 Å². The molecule has 0 bridgehead atoms. The lowest BCUT2D eigenvalue weighted by molar-refractivity contribution is 0.396. The quantitative estimate of drug-likeness (QED) is 0.789. The van der Waals surface area contributed by atoms with Gasteiger partial charge in [-0.05, 0) is 25.4 Å². The third-order valence-electron chi connectivity index (χ3n) is 1.58. The molecule has 6 nitrogen and oxygen atoms in total. The fourth-order valence-corrected chi connectivity index (χ4v) is 1.28. The van der Waals surface area contributed by atoms with Gasteiger partial charge in [0.1, 0.15) is 0 Å². The second-order valence-electron chi connectivity index (χ2n) is 3.43. The Hall–Kier alpha value is -1.34. The molecule has 0 aromatic carbocycles. The van der Waals surface area contributed by atoms with Crippen LogP contribution in [0.2, 0.25) is 0 Å². The molecule has 0 fully saturated rings. The number of nitrogens with zero attached hydrogens (tertiary/aromatic N) is 4. The third kappa shape index (κ3) is 1.64. The minimum absolute atomic E-state index is 0.354. The zero-order chi connectivity index (χ0) is 10.2. The first-order valence-electron chi connectivity index (χ1n) is 3.98. The summed E-state index contributed by atoms with van der Waals surface area (Å²) in [6.07, 6.45) is 0. The SMILES string of the molecule is CC(C)(N)c1noc(-c2csnn2)n1. The van der Waals surface area contributed by atoms with Gasteiger partial charge in [-0.25, -0.2) is 0 Å². The molecule has 0 saturated carbocycles. The van der Waals surface area contributed by atoms with Crippen molar-refractivity contribution in [1.82, 2.24) is 19.7 Å². The summed E-state index contributed by atoms with van der Waals surface area (Å²) in [5, 5.41) is 9.32. The first kappa shape index (κ1) is 9.22. The fraction of sp³-hybridized carbons (Fsp3) is 0.429. The second kappa shape index (κ2) is 3.10. The molecule has 0 spiro atoms. The summed E-state index contributed by atoms with van der Waals surface area (Å²) in [5.41, 5.74) is 5.78. The predicted molar refractivity (Wildman–Crippen MR) is 50.4 cm³/mol. The maximum atomic E-state index is 5.81. The number of nitrogens with two attached hydrogens (primary N) is 1. The molecule has 0 aliphatic carbocycles. The summed E-state index contributed by atoms with van der Waals surface area (Å²) < 4.78 is 8.70. The Balaban J connectivity index is 2.36. The van der Waals surface area contributed by atoms with Crippen molar-refractivity contribution in [3.05, 3.63) is 11.2 Å². The molecule has 2 rings (SSSR count). The molecule has 0 aliphatic rings. The minimum atomic E-state index is -0.606. The molecule has 0 radical (unpaired) electrons. The third-order valence-corrected chi connectivity index (χ3v) is 2.09. The smallest absolute Gasteiger partial charge is 0.279 e. The number of hydrogen-bond acceptors (Lipinski definition) is 7. The van der Waals surface area contributed by atoms with Gasteiger partial charge in [0, 0.05) is 5.38 Å². The summed E-state index contributed by atoms with van der Waals surface area (Å²) in [6, 6.07) is 0. The van der Waals surface area contributed by atoms with Gasteiger partial charge in [-0.2, -0.15) is 4.98 Å². The largest absolute Gasteiger partial charge is 0.332 e. The lowest BCUT2D eigenvalue weighted by atomic mass is 10.1. The van der Waals surface area contributed by atoms with E-state index in [2.05, 4.69) is 19.7 Å². The fourth-order valence-electron chi connectivity index (χ4n) is 0.847. The maximum absolute atomic E-state index is 5.81. The zero-order valence-electron chi connectivity index (χ0n) is 7.76. The first-order chi connectivity index (χ1) is 6.57. The number of aromatic nitrogens is 4. The van der Waals surface area contributed by atoms with E-state index in [1.165, 1.54) is 11.5 Å². The van der Waals surface area contributed by atoms with Crippen molar-refractivity contribution in [2.24, 2.45) is 5.73 Å². The van der Waals surface area contributed by atoms with E-state index in [-0.39, 0.29) is 0 Å².